The number of alkyl halides is 2. The second kappa shape index (κ2) is 15.5. The number of carbonyl (C=O) groups is 1. The van der Waals surface area contributed by atoms with Crippen LogP contribution >= 0.6 is 23.2 Å². The number of nitrogens with one attached hydrogen (secondary N) is 1. The van der Waals surface area contributed by atoms with Gasteiger partial charge in [-0.1, -0.05) is 23.2 Å². The van der Waals surface area contributed by atoms with Crippen LogP contribution in [0, 0.1) is 34.9 Å². The molecule has 0 unspecified atom stereocenters. The van der Waals surface area contributed by atoms with E-state index < -0.39 is 48.0 Å². The SMILES string of the molecule is Fc1ccc(C2=C(c3cc(F)cc(F)c3Cl)CCCN2)cc1.O=C1CCC(c2cc(F)cc(F)c2Cl)=C(c2ccc(F)cc2)N1CC(F)F. The second-order valence-electron chi connectivity index (χ2n) is 11.1. The molecule has 1 amide bonds. The van der Waals surface area contributed by atoms with E-state index in [0.29, 0.717) is 18.1 Å². The van der Waals surface area contributed by atoms with Crippen molar-refractivity contribution in [3.8, 4) is 0 Å². The van der Waals surface area contributed by atoms with Crippen molar-refractivity contribution in [3.05, 3.63) is 140 Å². The molecule has 0 aromatic heterocycles. The summed E-state index contributed by atoms with van der Waals surface area (Å²) in [6.45, 7) is -0.157. The van der Waals surface area contributed by atoms with Crippen LogP contribution in [0.3, 0.4) is 0 Å². The highest BCUT2D eigenvalue weighted by atomic mass is 35.5. The van der Waals surface area contributed by atoms with Gasteiger partial charge in [-0.15, -0.1) is 0 Å². The molecule has 49 heavy (non-hydrogen) atoms. The highest BCUT2D eigenvalue weighted by Gasteiger charge is 2.32. The lowest BCUT2D eigenvalue weighted by Gasteiger charge is -2.33. The summed E-state index contributed by atoms with van der Waals surface area (Å²) in [6.07, 6.45) is -1.44. The van der Waals surface area contributed by atoms with Gasteiger partial charge in [-0.3, -0.25) is 4.79 Å². The zero-order valence-corrected chi connectivity index (χ0v) is 26.9. The van der Waals surface area contributed by atoms with Gasteiger partial charge in [-0.05, 0) is 102 Å². The summed E-state index contributed by atoms with van der Waals surface area (Å²) in [4.78, 5) is 13.1. The van der Waals surface area contributed by atoms with Crippen LogP contribution in [0.4, 0.5) is 35.1 Å². The van der Waals surface area contributed by atoms with E-state index in [1.54, 1.807) is 12.1 Å². The van der Waals surface area contributed by atoms with E-state index in [9.17, 15) is 39.9 Å². The Labute approximate surface area is 286 Å². The Bertz CT molecular complexity index is 1930. The molecule has 2 aliphatic heterocycles. The van der Waals surface area contributed by atoms with Gasteiger partial charge >= 0.3 is 0 Å². The number of hydrogen-bond acceptors (Lipinski definition) is 2. The molecular weight excluding hydrogens is 699 g/mol. The molecule has 4 aromatic rings. The van der Waals surface area contributed by atoms with Crippen molar-refractivity contribution >= 4 is 51.6 Å². The maximum atomic E-state index is 13.9. The van der Waals surface area contributed by atoms with Crippen LogP contribution in [0.2, 0.25) is 10.0 Å². The molecule has 2 aliphatic rings. The van der Waals surface area contributed by atoms with Crippen LogP contribution in [-0.2, 0) is 4.79 Å². The molecule has 6 rings (SSSR count). The van der Waals surface area contributed by atoms with Gasteiger partial charge in [0.15, 0.2) is 0 Å². The van der Waals surface area contributed by atoms with Crippen LogP contribution in [0.5, 0.6) is 0 Å². The predicted octanol–water partition coefficient (Wildman–Crippen LogP) is 10.5. The lowest BCUT2D eigenvalue weighted by Crippen LogP contribution is -2.36. The molecule has 0 bridgehead atoms. The Morgan fingerprint density at radius 3 is 1.69 bits per heavy atom. The minimum absolute atomic E-state index is 0.0275. The van der Waals surface area contributed by atoms with Crippen molar-refractivity contribution in [1.82, 2.24) is 10.2 Å². The maximum absolute atomic E-state index is 13.9. The van der Waals surface area contributed by atoms with Gasteiger partial charge in [0, 0.05) is 41.9 Å². The molecule has 0 atom stereocenters. The van der Waals surface area contributed by atoms with Crippen LogP contribution in [0.25, 0.3) is 22.5 Å². The molecule has 0 aliphatic carbocycles. The van der Waals surface area contributed by atoms with Gasteiger partial charge in [-0.2, -0.15) is 0 Å². The summed E-state index contributed by atoms with van der Waals surface area (Å²) in [5, 5.41) is 2.75. The van der Waals surface area contributed by atoms with Gasteiger partial charge in [0.2, 0.25) is 5.91 Å². The van der Waals surface area contributed by atoms with Crippen molar-refractivity contribution in [2.45, 2.75) is 32.1 Å². The Hall–Kier alpha value is -4.35. The van der Waals surface area contributed by atoms with E-state index in [4.69, 9.17) is 23.2 Å². The lowest BCUT2D eigenvalue weighted by atomic mass is 9.91. The largest absolute Gasteiger partial charge is 0.384 e. The Kier molecular flexibility index (Phi) is 11.3. The quantitative estimate of drug-likeness (QED) is 0.159. The molecule has 0 radical (unpaired) electrons. The number of halogens is 10. The van der Waals surface area contributed by atoms with E-state index in [-0.39, 0.29) is 51.1 Å². The number of carbonyl (C=O) groups excluding carboxylic acids is 1. The van der Waals surface area contributed by atoms with E-state index >= 15 is 0 Å². The van der Waals surface area contributed by atoms with Crippen molar-refractivity contribution in [2.24, 2.45) is 0 Å². The van der Waals surface area contributed by atoms with Gasteiger partial charge in [0.1, 0.15) is 34.9 Å². The smallest absolute Gasteiger partial charge is 0.256 e. The van der Waals surface area contributed by atoms with E-state index in [0.717, 1.165) is 59.0 Å². The van der Waals surface area contributed by atoms with Crippen molar-refractivity contribution in [1.29, 1.82) is 0 Å². The summed E-state index contributed by atoms with van der Waals surface area (Å²) >= 11 is 12.0. The minimum Gasteiger partial charge on any atom is -0.384 e. The summed E-state index contributed by atoms with van der Waals surface area (Å²) in [7, 11) is 0. The fourth-order valence-electron chi connectivity index (χ4n) is 5.73. The molecule has 0 saturated heterocycles. The molecule has 2 heterocycles. The van der Waals surface area contributed by atoms with Gasteiger partial charge in [0.25, 0.3) is 6.43 Å². The first-order valence-electron chi connectivity index (χ1n) is 14.9. The topological polar surface area (TPSA) is 32.3 Å². The standard InChI is InChI=1S/C19H13ClF5NO.C17H13ClF3N/c20-18-14(7-12(22)8-15(18)23)13-5-6-17(27)26(9-16(24)25)19(13)10-1-3-11(21)4-2-10;18-16-14(8-12(20)9-15(16)21)13-2-1-7-22-17(13)10-3-5-11(19)6-4-10/h1-4,7-8,16H,5-6,9H2;3-6,8-9,22H,1-2,7H2. The Morgan fingerprint density at radius 2 is 1.16 bits per heavy atom. The highest BCUT2D eigenvalue weighted by Crippen LogP contribution is 2.41. The van der Waals surface area contributed by atoms with Gasteiger partial charge in [0.05, 0.1) is 22.3 Å². The average molecular weight is 726 g/mol. The number of allylic oxidation sites excluding steroid dienone is 2. The average Bonchev–Trinajstić information content (AvgIpc) is 3.06. The number of hydrogen-bond donors (Lipinski definition) is 1. The zero-order valence-electron chi connectivity index (χ0n) is 25.4. The van der Waals surface area contributed by atoms with E-state index in [1.165, 1.54) is 30.3 Å². The fourth-order valence-corrected chi connectivity index (χ4v) is 6.17. The maximum Gasteiger partial charge on any atom is 0.256 e. The summed E-state index contributed by atoms with van der Waals surface area (Å²) in [6, 6.07) is 14.4. The Morgan fingerprint density at radius 1 is 0.653 bits per heavy atom. The molecule has 4 aromatic carbocycles. The second-order valence-corrected chi connectivity index (χ2v) is 11.9. The van der Waals surface area contributed by atoms with Crippen LogP contribution in [-0.4, -0.2) is 30.3 Å². The zero-order chi connectivity index (χ0) is 35.4. The van der Waals surface area contributed by atoms with Crippen LogP contribution in [0.1, 0.15) is 47.9 Å². The molecular formula is C36H26Cl2F8N2O. The number of benzene rings is 4. The van der Waals surface area contributed by atoms with Crippen molar-refractivity contribution in [2.75, 3.05) is 13.1 Å². The third-order valence-corrected chi connectivity index (χ3v) is 8.63. The number of nitrogens with zero attached hydrogens (tertiary/aromatic N) is 1. The summed E-state index contributed by atoms with van der Waals surface area (Å²) in [5.41, 5.74) is 3.09. The first-order chi connectivity index (χ1) is 23.3. The molecule has 3 nitrogen and oxygen atoms in total. The highest BCUT2D eigenvalue weighted by molar-refractivity contribution is 6.33. The molecule has 0 spiro atoms. The number of rotatable bonds is 6. The van der Waals surface area contributed by atoms with Crippen LogP contribution in [0.15, 0.2) is 72.8 Å². The molecule has 0 fully saturated rings. The number of amides is 1. The first kappa shape index (κ1) is 35.9. The molecule has 13 heteroatoms. The molecule has 0 saturated carbocycles. The van der Waals surface area contributed by atoms with Crippen molar-refractivity contribution in [3.63, 3.8) is 0 Å². The van der Waals surface area contributed by atoms with Crippen molar-refractivity contribution < 1.29 is 39.9 Å². The fraction of sp³-hybridized carbons (Fsp3) is 0.194. The predicted molar refractivity (Wildman–Crippen MR) is 173 cm³/mol. The van der Waals surface area contributed by atoms with Gasteiger partial charge < -0.3 is 10.2 Å². The van der Waals surface area contributed by atoms with E-state index in [2.05, 4.69) is 5.32 Å². The molecule has 256 valence electrons. The van der Waals surface area contributed by atoms with Crippen LogP contribution < -0.4 is 5.32 Å². The first-order valence-corrected chi connectivity index (χ1v) is 15.7. The normalized spacial score (nSPS) is 15.0. The third kappa shape index (κ3) is 8.28. The monoisotopic (exact) mass is 724 g/mol. The lowest BCUT2D eigenvalue weighted by molar-refractivity contribution is -0.129. The third-order valence-electron chi connectivity index (χ3n) is 7.86. The Balaban J connectivity index is 0.000000195. The van der Waals surface area contributed by atoms with Gasteiger partial charge in [-0.25, -0.2) is 35.1 Å². The summed E-state index contributed by atoms with van der Waals surface area (Å²) in [5.74, 6) is -4.81. The summed E-state index contributed by atoms with van der Waals surface area (Å²) < 4.78 is 107. The minimum atomic E-state index is -2.83. The molecule has 1 N–H and O–H groups in total. The van der Waals surface area contributed by atoms with E-state index in [1.807, 2.05) is 0 Å².